The van der Waals surface area contributed by atoms with E-state index in [-0.39, 0.29) is 75.0 Å². The molecule has 4 heterocycles. The van der Waals surface area contributed by atoms with Crippen LogP contribution in [0.4, 0.5) is 10.5 Å². The van der Waals surface area contributed by atoms with Gasteiger partial charge in [-0.2, -0.15) is 0 Å². The van der Waals surface area contributed by atoms with E-state index in [1.54, 1.807) is 68.2 Å². The zero-order chi connectivity index (χ0) is 49.5. The Balaban J connectivity index is 0.922. The van der Waals surface area contributed by atoms with Crippen molar-refractivity contribution in [3.63, 3.8) is 0 Å². The second-order valence-corrected chi connectivity index (χ2v) is 18.3. The van der Waals surface area contributed by atoms with Gasteiger partial charge in [-0.15, -0.1) is 0 Å². The van der Waals surface area contributed by atoms with Crippen molar-refractivity contribution in [3.05, 3.63) is 76.2 Å². The SMILES string of the molecule is COc1cc2c(=O)n(CCN(C)C(=O)OCc3ccc(NC(=O)[C@@H](CC(=O)[C@H](CO)NC(=O)CCCCCN4C(=O)CC(C)C4=O)CC(C)C)cc3)c3c4cc5c(cc4ncc3c2cc1C)OCO5. The van der Waals surface area contributed by atoms with E-state index in [1.807, 2.05) is 32.9 Å². The van der Waals surface area contributed by atoms with Crippen LogP contribution in [0.1, 0.15) is 76.8 Å². The van der Waals surface area contributed by atoms with Gasteiger partial charge in [-0.25, -0.2) is 4.79 Å². The van der Waals surface area contributed by atoms with E-state index >= 15 is 0 Å². The number of fused-ring (bicyclic) bond motifs is 6. The average molecular weight is 949 g/mol. The minimum absolute atomic E-state index is 0.0601. The lowest BCUT2D eigenvalue weighted by Crippen LogP contribution is -2.44. The first kappa shape index (κ1) is 49.8. The molecule has 18 nitrogen and oxygen atoms in total. The molecule has 18 heteroatoms. The number of unbranched alkanes of at least 4 members (excludes halogenated alkanes) is 2. The maximum absolute atomic E-state index is 14.3. The minimum Gasteiger partial charge on any atom is -0.496 e. The van der Waals surface area contributed by atoms with Gasteiger partial charge in [0.25, 0.3) is 5.56 Å². The van der Waals surface area contributed by atoms with Crippen LogP contribution in [0.15, 0.2) is 59.5 Å². The Bertz CT molecular complexity index is 2840. The number of benzene rings is 3. The number of carbonyl (C=O) groups is 6. The number of methoxy groups -OCH3 is 1. The molecule has 3 aromatic carbocycles. The second kappa shape index (κ2) is 21.9. The summed E-state index contributed by atoms with van der Waals surface area (Å²) in [6.07, 6.45) is 3.24. The number of carbonyl (C=O) groups excluding carboxylic acids is 6. The maximum atomic E-state index is 14.3. The van der Waals surface area contributed by atoms with Gasteiger partial charge in [-0.05, 0) is 78.9 Å². The predicted molar refractivity (Wildman–Crippen MR) is 257 cm³/mol. The molecule has 1 fully saturated rings. The third-order valence-corrected chi connectivity index (χ3v) is 12.7. The molecule has 5 aromatic rings. The largest absolute Gasteiger partial charge is 0.496 e. The van der Waals surface area contributed by atoms with Crippen LogP contribution in [-0.2, 0) is 41.9 Å². The molecule has 2 aromatic heterocycles. The summed E-state index contributed by atoms with van der Waals surface area (Å²) in [5, 5.41) is 18.1. The lowest BCUT2D eigenvalue weighted by Gasteiger charge is -2.21. The molecule has 0 saturated carbocycles. The third-order valence-electron chi connectivity index (χ3n) is 12.7. The van der Waals surface area contributed by atoms with Gasteiger partial charge in [0, 0.05) is 86.5 Å². The molecule has 3 N–H and O–H groups in total. The Kier molecular flexibility index (Phi) is 15.8. The molecule has 366 valence electrons. The van der Waals surface area contributed by atoms with Gasteiger partial charge < -0.3 is 44.2 Å². The van der Waals surface area contributed by atoms with Crippen LogP contribution in [-0.4, -0.2) is 107 Å². The van der Waals surface area contributed by atoms with E-state index in [4.69, 9.17) is 23.9 Å². The van der Waals surface area contributed by atoms with Crippen LogP contribution < -0.4 is 30.4 Å². The van der Waals surface area contributed by atoms with E-state index in [2.05, 4.69) is 10.6 Å². The van der Waals surface area contributed by atoms with Crippen molar-refractivity contribution in [1.29, 1.82) is 0 Å². The lowest BCUT2D eigenvalue weighted by atomic mass is 9.89. The van der Waals surface area contributed by atoms with Crippen LogP contribution in [0.5, 0.6) is 17.2 Å². The van der Waals surface area contributed by atoms with E-state index in [0.29, 0.717) is 82.5 Å². The molecule has 2 aliphatic heterocycles. The molecule has 2 aliphatic rings. The summed E-state index contributed by atoms with van der Waals surface area (Å²) in [7, 11) is 3.14. The van der Waals surface area contributed by atoms with E-state index < -0.39 is 42.3 Å². The van der Waals surface area contributed by atoms with Gasteiger partial charge in [-0.3, -0.25) is 38.7 Å². The summed E-state index contributed by atoms with van der Waals surface area (Å²) < 4.78 is 24.1. The number of amides is 5. The number of aliphatic hydroxyl groups is 1. The molecule has 7 rings (SSSR count). The fourth-order valence-corrected chi connectivity index (χ4v) is 8.90. The predicted octanol–water partition coefficient (Wildman–Crippen LogP) is 6.01. The topological polar surface area (TPSA) is 225 Å². The number of hydrogen-bond donors (Lipinski definition) is 3. The third kappa shape index (κ3) is 11.4. The number of ketones is 1. The van der Waals surface area contributed by atoms with Gasteiger partial charge in [0.05, 0.1) is 30.1 Å². The molecule has 0 radical (unpaired) electrons. The molecule has 5 amide bonds. The molecule has 1 saturated heterocycles. The number of anilines is 1. The minimum atomic E-state index is -1.18. The summed E-state index contributed by atoms with van der Waals surface area (Å²) in [6, 6.07) is 12.8. The summed E-state index contributed by atoms with van der Waals surface area (Å²) in [5.74, 6) is -0.948. The molecule has 0 bridgehead atoms. The molecule has 3 atom stereocenters. The van der Waals surface area contributed by atoms with Crippen LogP contribution >= 0.6 is 0 Å². The molecule has 1 unspecified atom stereocenters. The van der Waals surface area contributed by atoms with Crippen molar-refractivity contribution in [2.75, 3.05) is 46.0 Å². The first-order valence-electron chi connectivity index (χ1n) is 23.3. The number of rotatable bonds is 21. The number of imide groups is 1. The molecule has 0 aliphatic carbocycles. The van der Waals surface area contributed by atoms with Gasteiger partial charge >= 0.3 is 6.09 Å². The number of pyridine rings is 2. The highest BCUT2D eigenvalue weighted by Gasteiger charge is 2.35. The standard InChI is InChI=1S/C51H60N6O12/c1-29(2)18-33(21-41(59)40(26-58)54-45(60)10-8-7-9-15-56-46(61)20-31(4)49(56)63)48(62)53-34-13-11-32(12-14-34)27-67-51(65)55(5)16-17-57-47-37-23-43-44(69-28-68-43)24-39(37)52-25-38(47)35-19-30(3)42(66-6)22-36(35)50(57)64/h11-14,19,22-25,29,31,33,40,58H,7-10,15-18,20-21,26-28H2,1-6H3,(H,53,62)(H,54,60)/t31?,33-,40+/m1/s1. The number of hydrogen-bond acceptors (Lipinski definition) is 13. The van der Waals surface area contributed by atoms with Gasteiger partial charge in [0.15, 0.2) is 17.3 Å². The number of aromatic nitrogens is 2. The Hall–Kier alpha value is -7.08. The van der Waals surface area contributed by atoms with Crippen LogP contribution in [0.3, 0.4) is 0 Å². The van der Waals surface area contributed by atoms with E-state index in [0.717, 1.165) is 16.3 Å². The van der Waals surface area contributed by atoms with Crippen LogP contribution in [0.25, 0.3) is 32.6 Å². The molecule has 0 spiro atoms. The smallest absolute Gasteiger partial charge is 0.409 e. The van der Waals surface area contributed by atoms with Crippen LogP contribution in [0, 0.1) is 24.7 Å². The molecular formula is C51H60N6O12. The van der Waals surface area contributed by atoms with Crippen molar-refractivity contribution in [3.8, 4) is 17.2 Å². The van der Waals surface area contributed by atoms with Crippen LogP contribution in [0.2, 0.25) is 0 Å². The highest BCUT2D eigenvalue weighted by molar-refractivity contribution is 6.15. The Morgan fingerprint density at radius 1 is 0.942 bits per heavy atom. The summed E-state index contributed by atoms with van der Waals surface area (Å²) in [5.41, 5.74) is 2.96. The monoisotopic (exact) mass is 948 g/mol. The Morgan fingerprint density at radius 2 is 1.68 bits per heavy atom. The average Bonchev–Trinajstić information content (AvgIpc) is 3.89. The normalized spacial score (nSPS) is 15.2. The number of aryl methyl sites for hydroxylation is 1. The van der Waals surface area contributed by atoms with Crippen molar-refractivity contribution >= 4 is 73.8 Å². The van der Waals surface area contributed by atoms with Gasteiger partial charge in [0.2, 0.25) is 30.4 Å². The zero-order valence-electron chi connectivity index (χ0n) is 39.9. The number of aliphatic hydroxyl groups excluding tert-OH is 1. The first-order valence-corrected chi connectivity index (χ1v) is 23.3. The van der Waals surface area contributed by atoms with Crippen molar-refractivity contribution < 1.29 is 52.8 Å². The zero-order valence-corrected chi connectivity index (χ0v) is 39.9. The van der Waals surface area contributed by atoms with Gasteiger partial charge in [-0.1, -0.05) is 39.3 Å². The highest BCUT2D eigenvalue weighted by atomic mass is 16.7. The number of nitrogens with one attached hydrogen (secondary N) is 2. The maximum Gasteiger partial charge on any atom is 0.409 e. The quantitative estimate of drug-likeness (QED) is 0.0436. The van der Waals surface area contributed by atoms with Crippen molar-refractivity contribution in [2.24, 2.45) is 17.8 Å². The lowest BCUT2D eigenvalue weighted by molar-refractivity contribution is -0.139. The number of Topliss-reactive ketones (excluding diaryl/α,β-unsaturated/α-hetero) is 1. The van der Waals surface area contributed by atoms with E-state index in [9.17, 15) is 38.7 Å². The Labute approximate surface area is 399 Å². The second-order valence-electron chi connectivity index (χ2n) is 18.3. The molecule has 69 heavy (non-hydrogen) atoms. The summed E-state index contributed by atoms with van der Waals surface area (Å²) in [4.78, 5) is 98.7. The van der Waals surface area contributed by atoms with E-state index in [1.165, 1.54) is 9.80 Å². The number of likely N-dealkylation sites (tertiary alicyclic amines) is 1. The highest BCUT2D eigenvalue weighted by Crippen LogP contribution is 2.39. The number of nitrogens with zero attached hydrogens (tertiary/aromatic N) is 4. The summed E-state index contributed by atoms with van der Waals surface area (Å²) >= 11 is 0. The first-order chi connectivity index (χ1) is 33.1. The van der Waals surface area contributed by atoms with Gasteiger partial charge in [0.1, 0.15) is 18.4 Å². The molecular weight excluding hydrogens is 889 g/mol. The fourth-order valence-electron chi connectivity index (χ4n) is 8.90. The number of ether oxygens (including phenoxy) is 4. The fraction of sp³-hybridized carbons (Fsp3) is 0.451. The van der Waals surface area contributed by atoms with Crippen molar-refractivity contribution in [1.82, 2.24) is 24.7 Å². The summed E-state index contributed by atoms with van der Waals surface area (Å²) in [6.45, 7) is 7.44. The Morgan fingerprint density at radius 3 is 2.36 bits per heavy atom. The van der Waals surface area contributed by atoms with Crippen molar-refractivity contribution in [2.45, 2.75) is 91.8 Å². The number of likely N-dealkylation sites (N-methyl/N-ethyl adjacent to an activating group) is 1.